The summed E-state index contributed by atoms with van der Waals surface area (Å²) < 4.78 is 5.54. The molecule has 0 fully saturated rings. The van der Waals surface area contributed by atoms with E-state index >= 15 is 0 Å². The first-order valence-corrected chi connectivity index (χ1v) is 8.26. The van der Waals surface area contributed by atoms with Crippen LogP contribution in [0.2, 0.25) is 0 Å². The third-order valence-electron chi connectivity index (χ3n) is 3.56. The summed E-state index contributed by atoms with van der Waals surface area (Å²) in [7, 11) is 0. The minimum Gasteiger partial charge on any atom is -0.451 e. The molecule has 0 aliphatic carbocycles. The number of aryl methyl sites for hydroxylation is 1. The Balaban J connectivity index is 1.52. The number of para-hydroxylation sites is 1. The first kappa shape index (κ1) is 16.8. The van der Waals surface area contributed by atoms with Gasteiger partial charge in [0.25, 0.3) is 5.91 Å². The molecule has 25 heavy (non-hydrogen) atoms. The highest BCUT2D eigenvalue weighted by atomic mass is 16.3. The van der Waals surface area contributed by atoms with Gasteiger partial charge in [-0.25, -0.2) is 9.97 Å². The lowest BCUT2D eigenvalue weighted by molar-refractivity contribution is 0.0929. The van der Waals surface area contributed by atoms with Crippen LogP contribution in [0, 0.1) is 6.92 Å². The van der Waals surface area contributed by atoms with Crippen LogP contribution in [0.5, 0.6) is 0 Å². The first-order chi connectivity index (χ1) is 12.2. The fraction of sp³-hybridized carbons (Fsp3) is 0.278. The van der Waals surface area contributed by atoms with Crippen molar-refractivity contribution in [1.82, 2.24) is 15.3 Å². The SMILES string of the molecule is CCNc1cc(NCCNC(=O)c2cc3ccccc3o2)nc(C)n1. The van der Waals surface area contributed by atoms with E-state index in [4.69, 9.17) is 4.42 Å². The van der Waals surface area contributed by atoms with Gasteiger partial charge in [0.15, 0.2) is 5.76 Å². The van der Waals surface area contributed by atoms with Gasteiger partial charge in [-0.2, -0.15) is 0 Å². The molecule has 2 heterocycles. The largest absolute Gasteiger partial charge is 0.451 e. The van der Waals surface area contributed by atoms with Crippen LogP contribution >= 0.6 is 0 Å². The highest BCUT2D eigenvalue weighted by Gasteiger charge is 2.11. The first-order valence-electron chi connectivity index (χ1n) is 8.26. The second kappa shape index (κ2) is 7.65. The topological polar surface area (TPSA) is 92.1 Å². The fourth-order valence-corrected chi connectivity index (χ4v) is 2.48. The number of hydrogen-bond acceptors (Lipinski definition) is 6. The number of nitrogens with one attached hydrogen (secondary N) is 3. The van der Waals surface area contributed by atoms with E-state index in [2.05, 4.69) is 25.9 Å². The van der Waals surface area contributed by atoms with Crippen LogP contribution in [0.15, 0.2) is 40.8 Å². The van der Waals surface area contributed by atoms with Gasteiger partial charge in [0, 0.05) is 31.1 Å². The summed E-state index contributed by atoms with van der Waals surface area (Å²) in [5, 5.41) is 10.1. The zero-order chi connectivity index (χ0) is 17.6. The number of nitrogens with zero attached hydrogens (tertiary/aromatic N) is 2. The Hall–Kier alpha value is -3.09. The number of furan rings is 1. The number of anilines is 2. The molecule has 3 rings (SSSR count). The molecule has 2 aromatic heterocycles. The molecule has 130 valence electrons. The molecular weight excluding hydrogens is 318 g/mol. The van der Waals surface area contributed by atoms with E-state index in [-0.39, 0.29) is 5.91 Å². The Kier molecular flexibility index (Phi) is 5.13. The van der Waals surface area contributed by atoms with Crippen molar-refractivity contribution in [2.24, 2.45) is 0 Å². The number of carbonyl (C=O) groups excluding carboxylic acids is 1. The average molecular weight is 339 g/mol. The molecule has 1 amide bonds. The Bertz CT molecular complexity index is 842. The van der Waals surface area contributed by atoms with E-state index in [1.165, 1.54) is 0 Å². The molecule has 7 nitrogen and oxygen atoms in total. The van der Waals surface area contributed by atoms with Crippen molar-refractivity contribution < 1.29 is 9.21 Å². The molecule has 0 aliphatic rings. The standard InChI is InChI=1S/C18H21N5O2/c1-3-19-16-11-17(23-12(2)22-16)20-8-9-21-18(24)15-10-13-6-4-5-7-14(13)25-15/h4-7,10-11H,3,8-9H2,1-2H3,(H,21,24)(H2,19,20,22,23). The predicted octanol–water partition coefficient (Wildman–Crippen LogP) is 2.80. The van der Waals surface area contributed by atoms with Gasteiger partial charge in [-0.15, -0.1) is 0 Å². The summed E-state index contributed by atoms with van der Waals surface area (Å²) in [6.07, 6.45) is 0. The summed E-state index contributed by atoms with van der Waals surface area (Å²) in [6, 6.07) is 11.1. The monoisotopic (exact) mass is 339 g/mol. The maximum Gasteiger partial charge on any atom is 0.287 e. The maximum absolute atomic E-state index is 12.2. The molecule has 3 aromatic rings. The van der Waals surface area contributed by atoms with E-state index in [1.54, 1.807) is 6.07 Å². The highest BCUT2D eigenvalue weighted by Crippen LogP contribution is 2.18. The molecule has 0 unspecified atom stereocenters. The maximum atomic E-state index is 12.2. The molecule has 0 saturated carbocycles. The van der Waals surface area contributed by atoms with Crippen molar-refractivity contribution in [3.8, 4) is 0 Å². The van der Waals surface area contributed by atoms with Gasteiger partial charge in [0.2, 0.25) is 0 Å². The van der Waals surface area contributed by atoms with E-state index in [1.807, 2.05) is 44.2 Å². The van der Waals surface area contributed by atoms with Gasteiger partial charge in [-0.1, -0.05) is 18.2 Å². The van der Waals surface area contributed by atoms with Gasteiger partial charge in [-0.3, -0.25) is 4.79 Å². The van der Waals surface area contributed by atoms with Crippen molar-refractivity contribution in [2.45, 2.75) is 13.8 Å². The zero-order valence-corrected chi connectivity index (χ0v) is 14.3. The lowest BCUT2D eigenvalue weighted by Gasteiger charge is -2.09. The summed E-state index contributed by atoms with van der Waals surface area (Å²) >= 11 is 0. The van der Waals surface area contributed by atoms with Crippen LogP contribution in [0.1, 0.15) is 23.3 Å². The normalized spacial score (nSPS) is 10.6. The van der Waals surface area contributed by atoms with Gasteiger partial charge in [-0.05, 0) is 26.0 Å². The van der Waals surface area contributed by atoms with Crippen molar-refractivity contribution in [2.75, 3.05) is 30.3 Å². The number of amides is 1. The van der Waals surface area contributed by atoms with Crippen LogP contribution in [-0.4, -0.2) is 35.5 Å². The van der Waals surface area contributed by atoms with Crippen molar-refractivity contribution in [3.05, 3.63) is 48.0 Å². The van der Waals surface area contributed by atoms with Crippen LogP contribution < -0.4 is 16.0 Å². The predicted molar refractivity (Wildman–Crippen MR) is 98.0 cm³/mol. The van der Waals surface area contributed by atoms with Gasteiger partial charge < -0.3 is 20.4 Å². The summed E-state index contributed by atoms with van der Waals surface area (Å²) in [5.74, 6) is 2.27. The van der Waals surface area contributed by atoms with Crippen LogP contribution in [0.4, 0.5) is 11.6 Å². The second-order valence-corrected chi connectivity index (χ2v) is 5.55. The van der Waals surface area contributed by atoms with Crippen LogP contribution in [-0.2, 0) is 0 Å². The minimum absolute atomic E-state index is 0.231. The molecule has 0 atom stereocenters. The number of rotatable bonds is 7. The number of hydrogen-bond donors (Lipinski definition) is 3. The number of aromatic nitrogens is 2. The molecule has 0 saturated heterocycles. The van der Waals surface area contributed by atoms with Gasteiger partial charge in [0.05, 0.1) is 0 Å². The molecule has 0 radical (unpaired) electrons. The number of carbonyl (C=O) groups is 1. The van der Waals surface area contributed by atoms with Crippen molar-refractivity contribution in [3.63, 3.8) is 0 Å². The Labute approximate surface area is 145 Å². The van der Waals surface area contributed by atoms with E-state index < -0.39 is 0 Å². The highest BCUT2D eigenvalue weighted by molar-refractivity contribution is 5.96. The van der Waals surface area contributed by atoms with Crippen molar-refractivity contribution >= 4 is 28.5 Å². The Morgan fingerprint density at radius 2 is 1.84 bits per heavy atom. The molecule has 3 N–H and O–H groups in total. The molecule has 1 aromatic carbocycles. The molecular formula is C18H21N5O2. The fourth-order valence-electron chi connectivity index (χ4n) is 2.48. The van der Waals surface area contributed by atoms with Crippen molar-refractivity contribution in [1.29, 1.82) is 0 Å². The number of benzene rings is 1. The summed E-state index contributed by atoms with van der Waals surface area (Å²) in [5.41, 5.74) is 0.707. The molecule has 0 bridgehead atoms. The third-order valence-corrected chi connectivity index (χ3v) is 3.56. The van der Waals surface area contributed by atoms with Crippen LogP contribution in [0.3, 0.4) is 0 Å². The molecule has 0 spiro atoms. The molecule has 7 heteroatoms. The summed E-state index contributed by atoms with van der Waals surface area (Å²) in [4.78, 5) is 20.8. The molecule has 0 aliphatic heterocycles. The quantitative estimate of drug-likeness (QED) is 0.573. The van der Waals surface area contributed by atoms with E-state index in [0.29, 0.717) is 30.3 Å². The Morgan fingerprint density at radius 1 is 1.08 bits per heavy atom. The van der Waals surface area contributed by atoms with E-state index in [9.17, 15) is 4.79 Å². The number of fused-ring (bicyclic) bond motifs is 1. The average Bonchev–Trinajstić information content (AvgIpc) is 3.02. The Morgan fingerprint density at radius 3 is 2.60 bits per heavy atom. The minimum atomic E-state index is -0.231. The van der Waals surface area contributed by atoms with Crippen LogP contribution in [0.25, 0.3) is 11.0 Å². The third kappa shape index (κ3) is 4.26. The smallest absolute Gasteiger partial charge is 0.287 e. The summed E-state index contributed by atoms with van der Waals surface area (Å²) in [6.45, 7) is 5.65. The lowest BCUT2D eigenvalue weighted by atomic mass is 10.2. The lowest BCUT2D eigenvalue weighted by Crippen LogP contribution is -2.28. The van der Waals surface area contributed by atoms with Gasteiger partial charge in [0.1, 0.15) is 23.0 Å². The van der Waals surface area contributed by atoms with E-state index in [0.717, 1.165) is 23.6 Å². The second-order valence-electron chi connectivity index (χ2n) is 5.55. The zero-order valence-electron chi connectivity index (χ0n) is 14.3. The van der Waals surface area contributed by atoms with Gasteiger partial charge >= 0.3 is 0 Å².